The molecule has 0 bridgehead atoms. The zero-order valence-electron chi connectivity index (χ0n) is 8.35. The maximum atomic E-state index is 11.0. The van der Waals surface area contributed by atoms with Crippen LogP contribution in [0.4, 0.5) is 0 Å². The van der Waals surface area contributed by atoms with Crippen LogP contribution >= 0.6 is 0 Å². The molecule has 0 heterocycles. The smallest absolute Gasteiger partial charge is 0.211 e. The Bertz CT molecular complexity index is 214. The van der Waals surface area contributed by atoms with Gasteiger partial charge in [-0.05, 0) is 18.8 Å². The van der Waals surface area contributed by atoms with Crippen molar-refractivity contribution in [2.45, 2.75) is 34.1 Å². The maximum absolute atomic E-state index is 11.0. The van der Waals surface area contributed by atoms with E-state index >= 15 is 0 Å². The zero-order chi connectivity index (χ0) is 9.83. The Balaban J connectivity index is 3.73. The van der Waals surface area contributed by atoms with Crippen molar-refractivity contribution in [1.29, 1.82) is 0 Å². The lowest BCUT2D eigenvalue weighted by Crippen LogP contribution is -2.28. The van der Waals surface area contributed by atoms with Gasteiger partial charge in [0.2, 0.25) is 10.0 Å². The predicted octanol–water partition coefficient (Wildman–Crippen LogP) is 1.36. The monoisotopic (exact) mass is 193 g/mol. The molecule has 0 spiro atoms. The molecular weight excluding hydrogens is 174 g/mol. The number of hydrogen-bond acceptors (Lipinski definition) is 2. The van der Waals surface area contributed by atoms with Crippen molar-refractivity contribution in [3.8, 4) is 0 Å². The summed E-state index contributed by atoms with van der Waals surface area (Å²) in [6.07, 6.45) is 0.867. The van der Waals surface area contributed by atoms with Gasteiger partial charge in [0, 0.05) is 6.54 Å². The summed E-state index contributed by atoms with van der Waals surface area (Å²) in [5, 5.41) is 0. The lowest BCUT2D eigenvalue weighted by molar-refractivity contribution is 0.378. The molecule has 0 fully saturated rings. The molecule has 0 saturated heterocycles. The molecule has 12 heavy (non-hydrogen) atoms. The predicted molar refractivity (Wildman–Crippen MR) is 51.5 cm³/mol. The van der Waals surface area contributed by atoms with Crippen LogP contribution in [0.25, 0.3) is 0 Å². The molecule has 0 unspecified atom stereocenters. The molecule has 0 rings (SSSR count). The van der Waals surface area contributed by atoms with E-state index in [0.717, 1.165) is 6.42 Å². The Morgan fingerprint density at radius 2 is 1.75 bits per heavy atom. The van der Waals surface area contributed by atoms with Gasteiger partial charge in [0.1, 0.15) is 0 Å². The summed E-state index contributed by atoms with van der Waals surface area (Å²) in [6.45, 7) is 8.45. The van der Waals surface area contributed by atoms with E-state index in [1.165, 1.54) is 0 Å². The van der Waals surface area contributed by atoms with E-state index < -0.39 is 10.0 Å². The average molecular weight is 193 g/mol. The second-order valence-electron chi connectivity index (χ2n) is 4.11. The van der Waals surface area contributed by atoms with Crippen molar-refractivity contribution >= 4 is 10.0 Å². The molecule has 0 aliphatic heterocycles. The molecule has 4 heteroatoms. The second-order valence-corrected chi connectivity index (χ2v) is 6.20. The molecule has 0 saturated carbocycles. The van der Waals surface area contributed by atoms with Crippen molar-refractivity contribution in [3.05, 3.63) is 0 Å². The van der Waals surface area contributed by atoms with E-state index in [2.05, 4.69) is 25.5 Å². The summed E-state index contributed by atoms with van der Waals surface area (Å²) in [7, 11) is -2.99. The largest absolute Gasteiger partial charge is 0.215 e. The Kier molecular flexibility index (Phi) is 4.20. The summed E-state index contributed by atoms with van der Waals surface area (Å²) in [4.78, 5) is 0. The fourth-order valence-electron chi connectivity index (χ4n) is 0.684. The molecule has 0 amide bonds. The molecule has 0 aromatic rings. The molecule has 0 aromatic carbocycles. The van der Waals surface area contributed by atoms with Gasteiger partial charge in [0.15, 0.2) is 0 Å². The summed E-state index contributed by atoms with van der Waals surface area (Å²) in [5.74, 6) is 0.164. The van der Waals surface area contributed by atoms with Crippen LogP contribution in [0.5, 0.6) is 0 Å². The molecule has 74 valence electrons. The van der Waals surface area contributed by atoms with Crippen molar-refractivity contribution in [3.63, 3.8) is 0 Å². The first-order valence-electron chi connectivity index (χ1n) is 4.24. The molecular formula is C8H19NO2S. The average Bonchev–Trinajstić information content (AvgIpc) is 1.84. The molecule has 0 aliphatic rings. The molecule has 0 aromatic heterocycles. The number of rotatable bonds is 4. The van der Waals surface area contributed by atoms with Gasteiger partial charge in [0.25, 0.3) is 0 Å². The van der Waals surface area contributed by atoms with Crippen molar-refractivity contribution < 1.29 is 8.42 Å². The van der Waals surface area contributed by atoms with E-state index in [1.807, 2.05) is 0 Å². The third kappa shape index (κ3) is 6.61. The molecule has 0 aliphatic carbocycles. The fourth-order valence-corrected chi connectivity index (χ4v) is 1.30. The van der Waals surface area contributed by atoms with Crippen LogP contribution < -0.4 is 4.72 Å². The van der Waals surface area contributed by atoms with Gasteiger partial charge < -0.3 is 0 Å². The van der Waals surface area contributed by atoms with Crippen molar-refractivity contribution in [2.24, 2.45) is 5.41 Å². The van der Waals surface area contributed by atoms with E-state index in [1.54, 1.807) is 6.92 Å². The van der Waals surface area contributed by atoms with E-state index in [9.17, 15) is 8.42 Å². The fraction of sp³-hybridized carbons (Fsp3) is 1.00. The lowest BCUT2D eigenvalue weighted by Gasteiger charge is -2.17. The maximum Gasteiger partial charge on any atom is 0.211 e. The minimum absolute atomic E-state index is 0.164. The van der Waals surface area contributed by atoms with E-state index in [4.69, 9.17) is 0 Å². The molecule has 1 N–H and O–H groups in total. The van der Waals surface area contributed by atoms with Gasteiger partial charge >= 0.3 is 0 Å². The topological polar surface area (TPSA) is 46.2 Å². The van der Waals surface area contributed by atoms with Crippen LogP contribution in [0.1, 0.15) is 34.1 Å². The summed E-state index contributed by atoms with van der Waals surface area (Å²) >= 11 is 0. The molecule has 0 radical (unpaired) electrons. The minimum Gasteiger partial charge on any atom is -0.215 e. The first-order chi connectivity index (χ1) is 5.27. The Morgan fingerprint density at radius 1 is 1.25 bits per heavy atom. The quantitative estimate of drug-likeness (QED) is 0.733. The van der Waals surface area contributed by atoms with Gasteiger partial charge in [-0.2, -0.15) is 0 Å². The van der Waals surface area contributed by atoms with Crippen LogP contribution in [-0.4, -0.2) is 20.7 Å². The molecule has 3 nitrogen and oxygen atoms in total. The highest BCUT2D eigenvalue weighted by Crippen LogP contribution is 2.16. The van der Waals surface area contributed by atoms with Crippen LogP contribution in [0.3, 0.4) is 0 Å². The highest BCUT2D eigenvalue weighted by atomic mass is 32.2. The highest BCUT2D eigenvalue weighted by molar-refractivity contribution is 7.89. The SMILES string of the molecule is CCS(=O)(=O)NCCC(C)(C)C. The summed E-state index contributed by atoms with van der Waals surface area (Å²) in [6, 6.07) is 0. The second kappa shape index (κ2) is 4.23. The van der Waals surface area contributed by atoms with Gasteiger partial charge in [-0.25, -0.2) is 13.1 Å². The third-order valence-electron chi connectivity index (χ3n) is 1.58. The van der Waals surface area contributed by atoms with Crippen LogP contribution in [0, 0.1) is 5.41 Å². The number of hydrogen-bond donors (Lipinski definition) is 1. The van der Waals surface area contributed by atoms with Crippen molar-refractivity contribution in [1.82, 2.24) is 4.72 Å². The van der Waals surface area contributed by atoms with Crippen molar-refractivity contribution in [2.75, 3.05) is 12.3 Å². The van der Waals surface area contributed by atoms with Crippen LogP contribution in [-0.2, 0) is 10.0 Å². The highest BCUT2D eigenvalue weighted by Gasteiger charge is 2.11. The first-order valence-corrected chi connectivity index (χ1v) is 5.89. The molecule has 0 atom stereocenters. The number of nitrogens with one attached hydrogen (secondary N) is 1. The van der Waals surface area contributed by atoms with Crippen LogP contribution in [0.2, 0.25) is 0 Å². The van der Waals surface area contributed by atoms with Gasteiger partial charge in [-0.3, -0.25) is 0 Å². The van der Waals surface area contributed by atoms with Gasteiger partial charge in [-0.15, -0.1) is 0 Å². The summed E-state index contributed by atoms with van der Waals surface area (Å²) in [5.41, 5.74) is 0.191. The Labute approximate surface area is 75.6 Å². The Hall–Kier alpha value is -0.0900. The van der Waals surface area contributed by atoms with E-state index in [0.29, 0.717) is 6.54 Å². The van der Waals surface area contributed by atoms with Gasteiger partial charge in [0.05, 0.1) is 5.75 Å². The van der Waals surface area contributed by atoms with E-state index in [-0.39, 0.29) is 11.2 Å². The normalized spacial score (nSPS) is 13.3. The zero-order valence-corrected chi connectivity index (χ0v) is 9.16. The Morgan fingerprint density at radius 3 is 2.08 bits per heavy atom. The van der Waals surface area contributed by atoms with Crippen LogP contribution in [0.15, 0.2) is 0 Å². The lowest BCUT2D eigenvalue weighted by atomic mass is 9.93. The number of sulfonamides is 1. The minimum atomic E-state index is -2.99. The van der Waals surface area contributed by atoms with Gasteiger partial charge in [-0.1, -0.05) is 20.8 Å². The first kappa shape index (κ1) is 11.9. The summed E-state index contributed by atoms with van der Waals surface area (Å²) < 4.78 is 24.5. The third-order valence-corrected chi connectivity index (χ3v) is 2.98. The standard InChI is InChI=1S/C8H19NO2S/c1-5-12(10,11)9-7-6-8(2,3)4/h9H,5-7H2,1-4H3.